The van der Waals surface area contributed by atoms with Crippen LogP contribution in [0.5, 0.6) is 0 Å². The van der Waals surface area contributed by atoms with Gasteiger partial charge in [0.2, 0.25) is 10.0 Å². The number of carboxylic acids is 1. The fourth-order valence-electron chi connectivity index (χ4n) is 2.36. The summed E-state index contributed by atoms with van der Waals surface area (Å²) in [5.74, 6) is -1.21. The maximum atomic E-state index is 12.0. The van der Waals surface area contributed by atoms with Gasteiger partial charge in [0.15, 0.2) is 0 Å². The summed E-state index contributed by atoms with van der Waals surface area (Å²) in [7, 11) is -2.41. The summed E-state index contributed by atoms with van der Waals surface area (Å²) >= 11 is 0. The van der Waals surface area contributed by atoms with Gasteiger partial charge in [-0.2, -0.15) is 0 Å². The van der Waals surface area contributed by atoms with E-state index in [4.69, 9.17) is 0 Å². The molecule has 0 atom stereocenters. The van der Waals surface area contributed by atoms with Crippen LogP contribution in [0.4, 0.5) is 0 Å². The Morgan fingerprint density at radius 3 is 2.68 bits per heavy atom. The molecule has 9 heteroatoms. The van der Waals surface area contributed by atoms with Crippen molar-refractivity contribution in [3.63, 3.8) is 0 Å². The fourth-order valence-corrected chi connectivity index (χ4v) is 3.12. The molecule has 0 saturated carbocycles. The molecule has 0 fully saturated rings. The molecule has 22 heavy (non-hydrogen) atoms. The number of fused-ring (bicyclic) bond motifs is 3. The summed E-state index contributed by atoms with van der Waals surface area (Å²) in [6.07, 6.45) is 1.21. The molecule has 2 aromatic heterocycles. The van der Waals surface area contributed by atoms with Crippen molar-refractivity contribution in [3.8, 4) is 0 Å². The van der Waals surface area contributed by atoms with Crippen LogP contribution in [0.1, 0.15) is 10.4 Å². The van der Waals surface area contributed by atoms with E-state index in [1.54, 1.807) is 0 Å². The van der Waals surface area contributed by atoms with Crippen LogP contribution in [0, 0.1) is 0 Å². The lowest BCUT2D eigenvalue weighted by Gasteiger charge is -2.06. The van der Waals surface area contributed by atoms with Crippen molar-refractivity contribution in [1.82, 2.24) is 14.7 Å². The normalized spacial score (nSPS) is 12.0. The Hall–Kier alpha value is -2.65. The Morgan fingerprint density at radius 1 is 1.32 bits per heavy atom. The molecule has 0 radical (unpaired) electrons. The Morgan fingerprint density at radius 2 is 2.05 bits per heavy atom. The lowest BCUT2D eigenvalue weighted by Crippen LogP contribution is -2.18. The van der Waals surface area contributed by atoms with Crippen LogP contribution in [-0.2, 0) is 10.0 Å². The molecule has 0 saturated heterocycles. The highest BCUT2D eigenvalue weighted by molar-refractivity contribution is 7.89. The molecule has 2 heterocycles. The van der Waals surface area contributed by atoms with E-state index in [-0.39, 0.29) is 21.4 Å². The average Bonchev–Trinajstić information content (AvgIpc) is 2.93. The number of carboxylic acid groups (broad SMARTS) is 1. The van der Waals surface area contributed by atoms with Gasteiger partial charge in [0, 0.05) is 22.5 Å². The third-order valence-electron chi connectivity index (χ3n) is 3.43. The minimum Gasteiger partial charge on any atom is -0.478 e. The molecule has 0 spiro atoms. The number of aromatic carboxylic acids is 1. The second-order valence-electron chi connectivity index (χ2n) is 4.63. The third-order valence-corrected chi connectivity index (χ3v) is 4.84. The van der Waals surface area contributed by atoms with Gasteiger partial charge in [-0.05, 0) is 25.2 Å². The summed E-state index contributed by atoms with van der Waals surface area (Å²) in [5.41, 5.74) is -0.122. The van der Waals surface area contributed by atoms with Crippen LogP contribution >= 0.6 is 0 Å². The molecule has 114 valence electrons. The van der Waals surface area contributed by atoms with Crippen LogP contribution in [0.25, 0.3) is 21.8 Å². The number of benzene rings is 1. The van der Waals surface area contributed by atoms with Crippen molar-refractivity contribution in [1.29, 1.82) is 0 Å². The van der Waals surface area contributed by atoms with Crippen LogP contribution in [-0.4, -0.2) is 36.5 Å². The van der Waals surface area contributed by atoms with Crippen molar-refractivity contribution in [3.05, 3.63) is 40.3 Å². The SMILES string of the molecule is CNS(=O)(=O)c1ccc2[nH]c(=O)c3[nH]cc(C(=O)O)c3c2c1. The first-order valence-corrected chi connectivity index (χ1v) is 7.67. The highest BCUT2D eigenvalue weighted by atomic mass is 32.2. The van der Waals surface area contributed by atoms with Gasteiger partial charge in [-0.1, -0.05) is 0 Å². The summed E-state index contributed by atoms with van der Waals surface area (Å²) in [4.78, 5) is 28.4. The quantitative estimate of drug-likeness (QED) is 0.561. The van der Waals surface area contributed by atoms with E-state index >= 15 is 0 Å². The molecule has 0 amide bonds. The molecule has 0 unspecified atom stereocenters. The van der Waals surface area contributed by atoms with Gasteiger partial charge in [0.05, 0.1) is 10.5 Å². The van der Waals surface area contributed by atoms with Gasteiger partial charge >= 0.3 is 5.97 Å². The first-order valence-electron chi connectivity index (χ1n) is 6.19. The molecular weight excluding hydrogens is 310 g/mol. The van der Waals surface area contributed by atoms with E-state index < -0.39 is 21.6 Å². The van der Waals surface area contributed by atoms with E-state index in [0.717, 1.165) is 0 Å². The molecule has 8 nitrogen and oxygen atoms in total. The molecule has 0 aliphatic rings. The van der Waals surface area contributed by atoms with Crippen LogP contribution in [0.3, 0.4) is 0 Å². The number of hydrogen-bond donors (Lipinski definition) is 4. The van der Waals surface area contributed by atoms with Crippen LogP contribution in [0.2, 0.25) is 0 Å². The minimum absolute atomic E-state index is 0.0200. The summed E-state index contributed by atoms with van der Waals surface area (Å²) < 4.78 is 26.0. The van der Waals surface area contributed by atoms with Gasteiger partial charge in [-0.15, -0.1) is 0 Å². The lowest BCUT2D eigenvalue weighted by molar-refractivity contribution is 0.0699. The Bertz CT molecular complexity index is 1080. The second kappa shape index (κ2) is 4.68. The number of rotatable bonds is 3. The van der Waals surface area contributed by atoms with E-state index in [9.17, 15) is 23.1 Å². The van der Waals surface area contributed by atoms with E-state index in [0.29, 0.717) is 10.9 Å². The van der Waals surface area contributed by atoms with Gasteiger partial charge in [-0.25, -0.2) is 17.9 Å². The first-order chi connectivity index (χ1) is 10.3. The lowest BCUT2D eigenvalue weighted by atomic mass is 10.1. The third kappa shape index (κ3) is 1.98. The summed E-state index contributed by atoms with van der Waals surface area (Å²) in [5, 5.41) is 9.75. The Kier molecular flexibility index (Phi) is 3.04. The van der Waals surface area contributed by atoms with Gasteiger partial charge in [-0.3, -0.25) is 4.79 Å². The van der Waals surface area contributed by atoms with E-state index in [1.807, 2.05) is 0 Å². The van der Waals surface area contributed by atoms with Crippen molar-refractivity contribution < 1.29 is 18.3 Å². The molecule has 3 aromatic rings. The molecule has 4 N–H and O–H groups in total. The standard InChI is InChI=1S/C13H11N3O5S/c1-14-22(20,21)6-2-3-9-7(4-6)10-8(13(18)19)5-15-11(10)12(17)16-9/h2-5,14-15H,1H3,(H,16,17)(H,18,19). The number of H-pyrrole nitrogens is 2. The summed E-state index contributed by atoms with van der Waals surface area (Å²) in [6, 6.07) is 4.10. The molecule has 0 bridgehead atoms. The maximum Gasteiger partial charge on any atom is 0.337 e. The summed E-state index contributed by atoms with van der Waals surface area (Å²) in [6.45, 7) is 0. The zero-order valence-electron chi connectivity index (χ0n) is 11.3. The number of pyridine rings is 1. The second-order valence-corrected chi connectivity index (χ2v) is 6.51. The number of nitrogens with one attached hydrogen (secondary N) is 3. The molecule has 0 aliphatic heterocycles. The maximum absolute atomic E-state index is 12.0. The number of aromatic amines is 2. The predicted octanol–water partition coefficient (Wildman–Crippen LogP) is 0.616. The molecule has 3 rings (SSSR count). The first kappa shape index (κ1) is 14.3. The van der Waals surface area contributed by atoms with Gasteiger partial charge < -0.3 is 15.1 Å². The van der Waals surface area contributed by atoms with E-state index in [1.165, 1.54) is 31.4 Å². The molecule has 0 aliphatic carbocycles. The van der Waals surface area contributed by atoms with Gasteiger partial charge in [0.1, 0.15) is 5.52 Å². The highest BCUT2D eigenvalue weighted by Gasteiger charge is 2.18. The van der Waals surface area contributed by atoms with Crippen molar-refractivity contribution in [2.24, 2.45) is 0 Å². The fraction of sp³-hybridized carbons (Fsp3) is 0.0769. The Balaban J connectivity index is 2.52. The van der Waals surface area contributed by atoms with Crippen LogP contribution in [0.15, 0.2) is 34.1 Å². The monoisotopic (exact) mass is 321 g/mol. The van der Waals surface area contributed by atoms with Crippen LogP contribution < -0.4 is 10.3 Å². The minimum atomic E-state index is -3.68. The molecular formula is C13H11N3O5S. The highest BCUT2D eigenvalue weighted by Crippen LogP contribution is 2.26. The number of carbonyl (C=O) groups is 1. The number of sulfonamides is 1. The van der Waals surface area contributed by atoms with Crippen molar-refractivity contribution in [2.45, 2.75) is 4.90 Å². The number of aromatic nitrogens is 2. The van der Waals surface area contributed by atoms with Gasteiger partial charge in [0.25, 0.3) is 5.56 Å². The largest absolute Gasteiger partial charge is 0.478 e. The topological polar surface area (TPSA) is 132 Å². The predicted molar refractivity (Wildman–Crippen MR) is 79.6 cm³/mol. The zero-order valence-corrected chi connectivity index (χ0v) is 12.1. The van der Waals surface area contributed by atoms with Crippen molar-refractivity contribution in [2.75, 3.05) is 7.05 Å². The Labute approximate surface area is 123 Å². The van der Waals surface area contributed by atoms with E-state index in [2.05, 4.69) is 14.7 Å². The number of hydrogen-bond acceptors (Lipinski definition) is 4. The smallest absolute Gasteiger partial charge is 0.337 e. The molecule has 1 aromatic carbocycles. The van der Waals surface area contributed by atoms with Crippen molar-refractivity contribution >= 4 is 37.8 Å². The average molecular weight is 321 g/mol. The zero-order chi connectivity index (χ0) is 16.1.